The van der Waals surface area contributed by atoms with Gasteiger partial charge in [0.25, 0.3) is 0 Å². The summed E-state index contributed by atoms with van der Waals surface area (Å²) in [6, 6.07) is 7.54. The quantitative estimate of drug-likeness (QED) is 0.512. The maximum atomic E-state index is 11.3. The average molecular weight is 420 g/mol. The van der Waals surface area contributed by atoms with Crippen molar-refractivity contribution >= 4 is 44.9 Å². The van der Waals surface area contributed by atoms with Gasteiger partial charge in [0, 0.05) is 37.3 Å². The van der Waals surface area contributed by atoms with Crippen LogP contribution in [0.15, 0.2) is 36.8 Å². The molecule has 0 saturated carbocycles. The minimum Gasteiger partial charge on any atom is -0.378 e. The molecule has 2 aromatic heterocycles. The van der Waals surface area contributed by atoms with E-state index in [9.17, 15) is 8.42 Å². The van der Waals surface area contributed by atoms with Crippen molar-refractivity contribution in [3.63, 3.8) is 0 Å². The average Bonchev–Trinajstić information content (AvgIpc) is 2.73. The zero-order valence-corrected chi connectivity index (χ0v) is 16.7. The Balaban J connectivity index is 1.80. The van der Waals surface area contributed by atoms with Crippen LogP contribution in [-0.4, -0.2) is 56.7 Å². The van der Waals surface area contributed by atoms with Crippen LogP contribution in [0.4, 0.5) is 11.5 Å². The maximum Gasteiger partial charge on any atom is 0.224 e. The van der Waals surface area contributed by atoms with E-state index in [2.05, 4.69) is 19.9 Å². The van der Waals surface area contributed by atoms with E-state index in [0.717, 1.165) is 45.2 Å². The van der Waals surface area contributed by atoms with Crippen molar-refractivity contribution in [1.29, 1.82) is 0 Å². The Kier molecular flexibility index (Phi) is 5.29. The Morgan fingerprint density at radius 2 is 1.89 bits per heavy atom. The van der Waals surface area contributed by atoms with E-state index in [-0.39, 0.29) is 5.15 Å². The Labute approximate surface area is 168 Å². The largest absolute Gasteiger partial charge is 0.378 e. The van der Waals surface area contributed by atoms with Crippen LogP contribution in [0.25, 0.3) is 22.0 Å². The number of anilines is 2. The third-order valence-electron chi connectivity index (χ3n) is 4.67. The number of pyridine rings is 1. The van der Waals surface area contributed by atoms with E-state index in [0.29, 0.717) is 18.9 Å². The van der Waals surface area contributed by atoms with E-state index in [1.165, 1.54) is 7.05 Å². The molecule has 1 aromatic carbocycles. The molecule has 10 heteroatoms. The van der Waals surface area contributed by atoms with Gasteiger partial charge in [-0.3, -0.25) is 4.31 Å². The minimum absolute atomic E-state index is 0.128. The fourth-order valence-corrected chi connectivity index (χ4v) is 3.78. The number of rotatable bonds is 4. The van der Waals surface area contributed by atoms with Gasteiger partial charge in [-0.25, -0.2) is 23.4 Å². The van der Waals surface area contributed by atoms with Crippen LogP contribution in [0.1, 0.15) is 0 Å². The van der Waals surface area contributed by atoms with Crippen LogP contribution < -0.4 is 9.21 Å². The maximum absolute atomic E-state index is 11.3. The van der Waals surface area contributed by atoms with E-state index < -0.39 is 10.9 Å². The molecule has 0 amide bonds. The summed E-state index contributed by atoms with van der Waals surface area (Å²) < 4.78 is 29.2. The van der Waals surface area contributed by atoms with Crippen molar-refractivity contribution in [2.75, 3.05) is 42.6 Å². The highest BCUT2D eigenvalue weighted by Gasteiger charge is 2.17. The van der Waals surface area contributed by atoms with Gasteiger partial charge in [0.2, 0.25) is 10.9 Å². The van der Waals surface area contributed by atoms with E-state index in [1.807, 2.05) is 18.2 Å². The van der Waals surface area contributed by atoms with Crippen molar-refractivity contribution in [3.8, 4) is 11.1 Å². The summed E-state index contributed by atoms with van der Waals surface area (Å²) in [7, 11) is -1.37. The molecular weight excluding hydrogens is 402 g/mol. The first-order valence-corrected chi connectivity index (χ1v) is 10.2. The van der Waals surface area contributed by atoms with Crippen LogP contribution in [0.5, 0.6) is 0 Å². The molecule has 28 heavy (non-hydrogen) atoms. The van der Waals surface area contributed by atoms with Gasteiger partial charge < -0.3 is 9.64 Å². The Morgan fingerprint density at radius 1 is 1.11 bits per heavy atom. The highest BCUT2D eigenvalue weighted by Crippen LogP contribution is 2.32. The zero-order chi connectivity index (χ0) is 19.7. The SMILES string of the molecule is CN(c1cc(-c2ccc3ncnc(N4CCOCC4)c3c2)cnc1Cl)[SH](=O)=O. The summed E-state index contributed by atoms with van der Waals surface area (Å²) in [4.78, 5) is 15.2. The molecule has 0 atom stereocenters. The summed E-state index contributed by atoms with van der Waals surface area (Å²) in [6.07, 6.45) is 3.19. The number of nitrogens with zero attached hydrogens (tertiary/aromatic N) is 5. The predicted octanol–water partition coefficient (Wildman–Crippen LogP) is 2.14. The molecule has 146 valence electrons. The van der Waals surface area contributed by atoms with Crippen molar-refractivity contribution in [3.05, 3.63) is 41.9 Å². The number of ether oxygens (including phenoxy) is 1. The summed E-state index contributed by atoms with van der Waals surface area (Å²) in [5.41, 5.74) is 2.79. The van der Waals surface area contributed by atoms with Crippen molar-refractivity contribution in [2.24, 2.45) is 0 Å². The second kappa shape index (κ2) is 7.86. The number of hydrogen-bond donors (Lipinski definition) is 1. The molecule has 0 spiro atoms. The monoisotopic (exact) mass is 419 g/mol. The van der Waals surface area contributed by atoms with Crippen LogP contribution in [0.3, 0.4) is 0 Å². The Hall–Kier alpha value is -2.49. The van der Waals surface area contributed by atoms with E-state index in [4.69, 9.17) is 16.3 Å². The van der Waals surface area contributed by atoms with E-state index >= 15 is 0 Å². The fourth-order valence-electron chi connectivity index (χ4n) is 3.16. The van der Waals surface area contributed by atoms with Crippen molar-refractivity contribution < 1.29 is 13.2 Å². The second-order valence-corrected chi connectivity index (χ2v) is 7.76. The molecule has 0 radical (unpaired) electrons. The molecule has 0 bridgehead atoms. The number of morpholine rings is 1. The molecule has 1 aliphatic rings. The van der Waals surface area contributed by atoms with Gasteiger partial charge in [-0.05, 0) is 23.8 Å². The molecule has 1 fully saturated rings. The first-order valence-electron chi connectivity index (χ1n) is 8.66. The second-order valence-electron chi connectivity index (χ2n) is 6.32. The van der Waals surface area contributed by atoms with Gasteiger partial charge in [0.15, 0.2) is 5.15 Å². The molecule has 4 rings (SSSR count). The lowest BCUT2D eigenvalue weighted by Crippen LogP contribution is -2.36. The Bertz CT molecular complexity index is 1090. The number of thiol groups is 1. The molecule has 0 aliphatic carbocycles. The highest BCUT2D eigenvalue weighted by molar-refractivity contribution is 7.74. The molecule has 1 saturated heterocycles. The van der Waals surface area contributed by atoms with E-state index in [1.54, 1.807) is 18.6 Å². The number of halogens is 1. The highest BCUT2D eigenvalue weighted by atomic mass is 35.5. The lowest BCUT2D eigenvalue weighted by molar-refractivity contribution is 0.122. The molecule has 1 aliphatic heterocycles. The third-order valence-corrected chi connectivity index (χ3v) is 5.67. The number of aromatic nitrogens is 3. The predicted molar refractivity (Wildman–Crippen MR) is 110 cm³/mol. The van der Waals surface area contributed by atoms with Gasteiger partial charge in [0.1, 0.15) is 12.1 Å². The number of hydrogen-bond acceptors (Lipinski definition) is 7. The van der Waals surface area contributed by atoms with Gasteiger partial charge in [-0.2, -0.15) is 0 Å². The van der Waals surface area contributed by atoms with Gasteiger partial charge in [0.05, 0.1) is 24.4 Å². The number of benzene rings is 1. The molecule has 8 nitrogen and oxygen atoms in total. The normalized spacial score (nSPS) is 14.6. The molecule has 3 heterocycles. The van der Waals surface area contributed by atoms with Crippen LogP contribution in [0.2, 0.25) is 5.15 Å². The summed E-state index contributed by atoms with van der Waals surface area (Å²) in [6.45, 7) is 2.86. The smallest absolute Gasteiger partial charge is 0.224 e. The van der Waals surface area contributed by atoms with Crippen LogP contribution in [-0.2, 0) is 15.6 Å². The summed E-state index contributed by atoms with van der Waals surface area (Å²) in [5.74, 6) is 0.858. The van der Waals surface area contributed by atoms with Gasteiger partial charge in [-0.1, -0.05) is 17.7 Å². The van der Waals surface area contributed by atoms with Crippen LogP contribution in [0, 0.1) is 0 Å². The number of fused-ring (bicyclic) bond motifs is 1. The first kappa shape index (κ1) is 18.9. The first-order chi connectivity index (χ1) is 13.5. The third kappa shape index (κ3) is 3.60. The fraction of sp³-hybridized carbons (Fsp3) is 0.278. The van der Waals surface area contributed by atoms with Crippen molar-refractivity contribution in [2.45, 2.75) is 0 Å². The van der Waals surface area contributed by atoms with Gasteiger partial charge in [-0.15, -0.1) is 0 Å². The lowest BCUT2D eigenvalue weighted by atomic mass is 10.0. The van der Waals surface area contributed by atoms with Gasteiger partial charge >= 0.3 is 0 Å². The molecule has 3 aromatic rings. The lowest BCUT2D eigenvalue weighted by Gasteiger charge is -2.28. The van der Waals surface area contributed by atoms with Crippen molar-refractivity contribution in [1.82, 2.24) is 15.0 Å². The molecule has 0 unspecified atom stereocenters. The summed E-state index contributed by atoms with van der Waals surface area (Å²) in [5, 5.41) is 1.05. The Morgan fingerprint density at radius 3 is 2.64 bits per heavy atom. The zero-order valence-electron chi connectivity index (χ0n) is 15.1. The molecule has 0 N–H and O–H groups in total. The topological polar surface area (TPSA) is 88.5 Å². The standard InChI is InChI=1S/C18H18ClN5O3S/c1-23(28(25)26)16-9-13(10-20-17(16)19)12-2-3-15-14(8-12)18(22-11-21-15)24-4-6-27-7-5-24/h2-3,8-11,28H,4-7H2,1H3. The van der Waals surface area contributed by atoms with Crippen LogP contribution >= 0.6 is 11.6 Å². The summed E-state index contributed by atoms with van der Waals surface area (Å²) >= 11 is 6.09. The molecular formula is C18H18ClN5O3S. The minimum atomic E-state index is -2.81.